The fraction of sp³-hybridized carbons (Fsp3) is 0.636. The van der Waals surface area contributed by atoms with Gasteiger partial charge in [0.05, 0.1) is 14.2 Å². The van der Waals surface area contributed by atoms with Gasteiger partial charge in [-0.1, -0.05) is 19.8 Å². The summed E-state index contributed by atoms with van der Waals surface area (Å²) in [5.74, 6) is 1.93. The maximum absolute atomic E-state index is 12.5. The molecule has 29 heavy (non-hydrogen) atoms. The molecule has 1 aliphatic carbocycles. The van der Waals surface area contributed by atoms with Crippen molar-refractivity contribution in [2.75, 3.05) is 27.3 Å². The van der Waals surface area contributed by atoms with Crippen molar-refractivity contribution in [3.8, 4) is 11.5 Å². The Kier molecular flexibility index (Phi) is 7.23. The molecule has 3 amide bonds. The molecule has 7 heteroatoms. The van der Waals surface area contributed by atoms with Gasteiger partial charge in [-0.15, -0.1) is 0 Å². The molecule has 0 aromatic heterocycles. The standard InChI is InChI=1S/C22H33N3O4/c1-15-6-4-5-7-18(15)24-21(26)8-10-23-22(27)25-11-9-16-12-19(28-2)20(29-3)13-17(16)14-25/h12-13,15,18H,4-11,14H2,1-3H3,(H,23,27)(H,24,26). The van der Waals surface area contributed by atoms with Crippen molar-refractivity contribution in [1.29, 1.82) is 0 Å². The van der Waals surface area contributed by atoms with E-state index in [2.05, 4.69) is 17.6 Å². The Labute approximate surface area is 173 Å². The van der Waals surface area contributed by atoms with Crippen molar-refractivity contribution in [3.05, 3.63) is 23.3 Å². The molecular formula is C22H33N3O4. The molecule has 3 rings (SSSR count). The number of methoxy groups -OCH3 is 2. The molecule has 0 radical (unpaired) electrons. The van der Waals surface area contributed by atoms with E-state index < -0.39 is 0 Å². The van der Waals surface area contributed by atoms with Crippen molar-refractivity contribution in [3.63, 3.8) is 0 Å². The number of nitrogens with zero attached hydrogens (tertiary/aromatic N) is 1. The smallest absolute Gasteiger partial charge is 0.317 e. The van der Waals surface area contributed by atoms with Gasteiger partial charge in [-0.2, -0.15) is 0 Å². The summed E-state index contributed by atoms with van der Waals surface area (Å²) in [4.78, 5) is 26.5. The normalized spacial score (nSPS) is 21.1. The molecule has 1 fully saturated rings. The number of fused-ring (bicyclic) bond motifs is 1. The summed E-state index contributed by atoms with van der Waals surface area (Å²) >= 11 is 0. The topological polar surface area (TPSA) is 79.9 Å². The third kappa shape index (κ3) is 5.34. The van der Waals surface area contributed by atoms with Crippen LogP contribution in [0.25, 0.3) is 0 Å². The van der Waals surface area contributed by atoms with Gasteiger partial charge >= 0.3 is 6.03 Å². The van der Waals surface area contributed by atoms with E-state index in [0.29, 0.717) is 43.5 Å². The largest absolute Gasteiger partial charge is 0.493 e. The highest BCUT2D eigenvalue weighted by Gasteiger charge is 2.24. The fourth-order valence-corrected chi connectivity index (χ4v) is 4.26. The molecule has 1 saturated carbocycles. The monoisotopic (exact) mass is 403 g/mol. The number of nitrogens with one attached hydrogen (secondary N) is 2. The van der Waals surface area contributed by atoms with E-state index in [1.807, 2.05) is 12.1 Å². The van der Waals surface area contributed by atoms with Gasteiger partial charge < -0.3 is 25.0 Å². The second-order valence-electron chi connectivity index (χ2n) is 8.07. The fourth-order valence-electron chi connectivity index (χ4n) is 4.26. The minimum Gasteiger partial charge on any atom is -0.493 e. The number of ether oxygens (including phenoxy) is 2. The summed E-state index contributed by atoms with van der Waals surface area (Å²) in [7, 11) is 3.23. The lowest BCUT2D eigenvalue weighted by molar-refractivity contribution is -0.122. The van der Waals surface area contributed by atoms with Crippen LogP contribution in [0, 0.1) is 5.92 Å². The van der Waals surface area contributed by atoms with E-state index in [4.69, 9.17) is 9.47 Å². The van der Waals surface area contributed by atoms with Gasteiger partial charge in [0.25, 0.3) is 0 Å². The van der Waals surface area contributed by atoms with Crippen LogP contribution in [0.5, 0.6) is 11.5 Å². The quantitative estimate of drug-likeness (QED) is 0.765. The first-order valence-electron chi connectivity index (χ1n) is 10.6. The van der Waals surface area contributed by atoms with Gasteiger partial charge in [0.2, 0.25) is 5.91 Å². The van der Waals surface area contributed by atoms with E-state index >= 15 is 0 Å². The molecule has 0 spiro atoms. The Bertz CT molecular complexity index is 737. The molecule has 1 aromatic rings. The van der Waals surface area contributed by atoms with Gasteiger partial charge in [-0.05, 0) is 48.4 Å². The first-order valence-corrected chi connectivity index (χ1v) is 10.6. The number of benzene rings is 1. The van der Waals surface area contributed by atoms with Gasteiger partial charge in [-0.25, -0.2) is 4.79 Å². The number of urea groups is 1. The van der Waals surface area contributed by atoms with Crippen molar-refractivity contribution >= 4 is 11.9 Å². The number of hydrogen-bond acceptors (Lipinski definition) is 4. The minimum atomic E-state index is -0.135. The summed E-state index contributed by atoms with van der Waals surface area (Å²) in [5.41, 5.74) is 2.24. The van der Waals surface area contributed by atoms with Crippen LogP contribution in [0.1, 0.15) is 50.2 Å². The molecule has 1 aromatic carbocycles. The molecule has 160 valence electrons. The van der Waals surface area contributed by atoms with Crippen LogP contribution in [-0.2, 0) is 17.8 Å². The van der Waals surface area contributed by atoms with Crippen LogP contribution >= 0.6 is 0 Å². The average molecular weight is 404 g/mol. The number of carbonyl (C=O) groups excluding carboxylic acids is 2. The van der Waals surface area contributed by atoms with Crippen LogP contribution in [-0.4, -0.2) is 50.2 Å². The highest BCUT2D eigenvalue weighted by atomic mass is 16.5. The van der Waals surface area contributed by atoms with Crippen LogP contribution in [0.2, 0.25) is 0 Å². The zero-order valence-electron chi connectivity index (χ0n) is 17.8. The molecular weight excluding hydrogens is 370 g/mol. The Balaban J connectivity index is 1.46. The molecule has 0 bridgehead atoms. The van der Waals surface area contributed by atoms with E-state index in [-0.39, 0.29) is 18.0 Å². The Morgan fingerprint density at radius 3 is 2.48 bits per heavy atom. The second-order valence-corrected chi connectivity index (χ2v) is 8.07. The zero-order chi connectivity index (χ0) is 20.8. The first-order chi connectivity index (χ1) is 14.0. The SMILES string of the molecule is COc1cc2c(cc1OC)CN(C(=O)NCCC(=O)NC1CCCCC1C)CC2. The summed E-state index contributed by atoms with van der Waals surface area (Å²) in [6, 6.07) is 4.06. The average Bonchev–Trinajstić information content (AvgIpc) is 2.73. The minimum absolute atomic E-state index is 0.0184. The van der Waals surface area contributed by atoms with Gasteiger partial charge in [0.15, 0.2) is 11.5 Å². The predicted molar refractivity (Wildman–Crippen MR) is 111 cm³/mol. The molecule has 0 saturated heterocycles. The van der Waals surface area contributed by atoms with Crippen LogP contribution in [0.15, 0.2) is 12.1 Å². The Hall–Kier alpha value is -2.44. The third-order valence-corrected chi connectivity index (χ3v) is 6.09. The molecule has 7 nitrogen and oxygen atoms in total. The van der Waals surface area contributed by atoms with Crippen LogP contribution < -0.4 is 20.1 Å². The molecule has 2 aliphatic rings. The third-order valence-electron chi connectivity index (χ3n) is 6.09. The van der Waals surface area contributed by atoms with Crippen molar-refractivity contribution in [2.24, 2.45) is 5.92 Å². The molecule has 2 N–H and O–H groups in total. The first kappa shape index (κ1) is 21.3. The Morgan fingerprint density at radius 2 is 1.79 bits per heavy atom. The number of amides is 3. The van der Waals surface area contributed by atoms with Gasteiger partial charge in [0, 0.05) is 32.1 Å². The zero-order valence-corrected chi connectivity index (χ0v) is 17.8. The van der Waals surface area contributed by atoms with Crippen LogP contribution in [0.3, 0.4) is 0 Å². The predicted octanol–water partition coefficient (Wildman–Crippen LogP) is 2.86. The van der Waals surface area contributed by atoms with Crippen molar-refractivity contribution in [2.45, 2.75) is 58.0 Å². The van der Waals surface area contributed by atoms with E-state index in [0.717, 1.165) is 18.4 Å². The number of rotatable bonds is 6. The van der Waals surface area contributed by atoms with Gasteiger partial charge in [-0.3, -0.25) is 4.79 Å². The van der Waals surface area contributed by atoms with Gasteiger partial charge in [0.1, 0.15) is 0 Å². The summed E-state index contributed by atoms with van der Waals surface area (Å²) in [5, 5.41) is 6.01. The van der Waals surface area contributed by atoms with Crippen LogP contribution in [0.4, 0.5) is 4.79 Å². The maximum atomic E-state index is 12.5. The lowest BCUT2D eigenvalue weighted by Gasteiger charge is -2.30. The Morgan fingerprint density at radius 1 is 1.10 bits per heavy atom. The molecule has 1 aliphatic heterocycles. The van der Waals surface area contributed by atoms with Crippen molar-refractivity contribution < 1.29 is 19.1 Å². The highest BCUT2D eigenvalue weighted by Crippen LogP contribution is 2.33. The lowest BCUT2D eigenvalue weighted by Crippen LogP contribution is -2.45. The van der Waals surface area contributed by atoms with E-state index in [1.54, 1.807) is 19.1 Å². The summed E-state index contributed by atoms with van der Waals surface area (Å²) in [6.45, 7) is 3.71. The summed E-state index contributed by atoms with van der Waals surface area (Å²) in [6.07, 6.45) is 5.74. The molecule has 2 atom stereocenters. The number of hydrogen-bond donors (Lipinski definition) is 2. The maximum Gasteiger partial charge on any atom is 0.317 e. The number of carbonyl (C=O) groups is 2. The molecule has 1 heterocycles. The van der Waals surface area contributed by atoms with E-state index in [1.165, 1.54) is 24.8 Å². The highest BCUT2D eigenvalue weighted by molar-refractivity contribution is 5.78. The van der Waals surface area contributed by atoms with E-state index in [9.17, 15) is 9.59 Å². The summed E-state index contributed by atoms with van der Waals surface area (Å²) < 4.78 is 10.7. The van der Waals surface area contributed by atoms with Crippen molar-refractivity contribution in [1.82, 2.24) is 15.5 Å². The lowest BCUT2D eigenvalue weighted by atomic mass is 9.86. The second kappa shape index (κ2) is 9.85. The molecule has 2 unspecified atom stereocenters.